The molecule has 0 aromatic carbocycles. The minimum absolute atomic E-state index is 0.00810. The van der Waals surface area contributed by atoms with Crippen molar-refractivity contribution in [1.82, 2.24) is 0 Å². The van der Waals surface area contributed by atoms with Crippen LogP contribution in [0.1, 0.15) is 0 Å². The predicted octanol–water partition coefficient (Wildman–Crippen LogP) is 0.680. The van der Waals surface area contributed by atoms with Gasteiger partial charge in [0.1, 0.15) is 6.17 Å². The van der Waals surface area contributed by atoms with Crippen molar-refractivity contribution in [2.24, 2.45) is 5.92 Å². The maximum atomic E-state index is 12.4. The van der Waals surface area contributed by atoms with Crippen molar-refractivity contribution in [2.45, 2.75) is 6.17 Å². The SMILES string of the molecule is OCC1CSCC1F. The van der Waals surface area contributed by atoms with E-state index in [1.165, 1.54) is 0 Å². The van der Waals surface area contributed by atoms with Gasteiger partial charge in [0, 0.05) is 24.0 Å². The van der Waals surface area contributed by atoms with E-state index in [-0.39, 0.29) is 12.5 Å². The molecule has 2 atom stereocenters. The lowest BCUT2D eigenvalue weighted by atomic mass is 10.1. The van der Waals surface area contributed by atoms with Gasteiger partial charge in [-0.1, -0.05) is 0 Å². The quantitative estimate of drug-likeness (QED) is 0.572. The molecule has 48 valence electrons. The van der Waals surface area contributed by atoms with Crippen LogP contribution in [0.2, 0.25) is 0 Å². The second kappa shape index (κ2) is 2.69. The standard InChI is InChI=1S/C5H9FOS/c6-5-3-8-2-4(5)1-7/h4-5,7H,1-3H2. The lowest BCUT2D eigenvalue weighted by Crippen LogP contribution is -2.16. The zero-order valence-electron chi connectivity index (χ0n) is 4.51. The molecule has 0 aromatic rings. The molecule has 1 rings (SSSR count). The van der Waals surface area contributed by atoms with Gasteiger partial charge in [0.15, 0.2) is 0 Å². The summed E-state index contributed by atoms with van der Waals surface area (Å²) in [4.78, 5) is 0. The Labute approximate surface area is 52.3 Å². The topological polar surface area (TPSA) is 20.2 Å². The number of hydrogen-bond acceptors (Lipinski definition) is 2. The largest absolute Gasteiger partial charge is 0.396 e. The number of hydrogen-bond donors (Lipinski definition) is 1. The summed E-state index contributed by atoms with van der Waals surface area (Å²) in [7, 11) is 0. The van der Waals surface area contributed by atoms with Crippen molar-refractivity contribution in [2.75, 3.05) is 18.1 Å². The Hall–Kier alpha value is 0.240. The van der Waals surface area contributed by atoms with Gasteiger partial charge in [-0.15, -0.1) is 0 Å². The highest BCUT2D eigenvalue weighted by Gasteiger charge is 2.26. The van der Waals surface area contributed by atoms with E-state index < -0.39 is 6.17 Å². The molecule has 0 saturated carbocycles. The Kier molecular flexibility index (Phi) is 2.14. The normalized spacial score (nSPS) is 38.2. The summed E-state index contributed by atoms with van der Waals surface area (Å²) < 4.78 is 12.4. The van der Waals surface area contributed by atoms with Gasteiger partial charge < -0.3 is 5.11 Å². The van der Waals surface area contributed by atoms with E-state index in [0.717, 1.165) is 5.75 Å². The molecule has 1 aliphatic rings. The van der Waals surface area contributed by atoms with Crippen molar-refractivity contribution in [3.05, 3.63) is 0 Å². The first kappa shape index (κ1) is 6.36. The lowest BCUT2D eigenvalue weighted by Gasteiger charge is -2.04. The summed E-state index contributed by atoms with van der Waals surface area (Å²) in [5.41, 5.74) is 0. The van der Waals surface area contributed by atoms with E-state index >= 15 is 0 Å². The second-order valence-corrected chi connectivity index (χ2v) is 3.07. The minimum atomic E-state index is -0.759. The maximum absolute atomic E-state index is 12.4. The zero-order valence-corrected chi connectivity index (χ0v) is 5.33. The van der Waals surface area contributed by atoms with Gasteiger partial charge in [0.2, 0.25) is 0 Å². The molecule has 1 fully saturated rings. The fourth-order valence-corrected chi connectivity index (χ4v) is 1.99. The summed E-state index contributed by atoms with van der Waals surface area (Å²) in [5, 5.41) is 8.48. The molecular weight excluding hydrogens is 127 g/mol. The van der Waals surface area contributed by atoms with Crippen molar-refractivity contribution in [3.8, 4) is 0 Å². The second-order valence-electron chi connectivity index (χ2n) is 2.00. The molecule has 0 bridgehead atoms. The fraction of sp³-hybridized carbons (Fsp3) is 1.00. The molecule has 1 nitrogen and oxygen atoms in total. The first-order valence-electron chi connectivity index (χ1n) is 2.67. The number of aliphatic hydroxyl groups excluding tert-OH is 1. The third-order valence-electron chi connectivity index (χ3n) is 1.36. The van der Waals surface area contributed by atoms with Gasteiger partial charge in [0.25, 0.3) is 0 Å². The van der Waals surface area contributed by atoms with Gasteiger partial charge in [0.05, 0.1) is 0 Å². The highest BCUT2D eigenvalue weighted by atomic mass is 32.2. The van der Waals surface area contributed by atoms with Gasteiger partial charge in [-0.25, -0.2) is 4.39 Å². The third-order valence-corrected chi connectivity index (χ3v) is 2.57. The monoisotopic (exact) mass is 136 g/mol. The van der Waals surface area contributed by atoms with Gasteiger partial charge >= 0.3 is 0 Å². The van der Waals surface area contributed by atoms with Crippen LogP contribution in [-0.2, 0) is 0 Å². The highest BCUT2D eigenvalue weighted by molar-refractivity contribution is 7.99. The van der Waals surface area contributed by atoms with E-state index in [4.69, 9.17) is 5.11 Å². The van der Waals surface area contributed by atoms with Gasteiger partial charge in [-0.05, 0) is 0 Å². The molecule has 0 amide bonds. The van der Waals surface area contributed by atoms with Crippen LogP contribution in [-0.4, -0.2) is 29.4 Å². The molecule has 3 heteroatoms. The van der Waals surface area contributed by atoms with Crippen LogP contribution in [0, 0.1) is 5.92 Å². The van der Waals surface area contributed by atoms with Gasteiger partial charge in [-0.2, -0.15) is 11.8 Å². The van der Waals surface area contributed by atoms with Gasteiger partial charge in [-0.3, -0.25) is 0 Å². The maximum Gasteiger partial charge on any atom is 0.115 e. The number of rotatable bonds is 1. The number of halogens is 1. The summed E-state index contributed by atoms with van der Waals surface area (Å²) in [6, 6.07) is 0. The molecule has 0 aliphatic carbocycles. The average Bonchev–Trinajstić information content (AvgIpc) is 2.14. The van der Waals surface area contributed by atoms with E-state index in [9.17, 15) is 4.39 Å². The summed E-state index contributed by atoms with van der Waals surface area (Å²) in [6.45, 7) is 0.00810. The van der Waals surface area contributed by atoms with Crippen LogP contribution in [0.5, 0.6) is 0 Å². The highest BCUT2D eigenvalue weighted by Crippen LogP contribution is 2.25. The molecule has 8 heavy (non-hydrogen) atoms. The Balaban J connectivity index is 2.30. The van der Waals surface area contributed by atoms with Crippen molar-refractivity contribution >= 4 is 11.8 Å². The number of aliphatic hydroxyl groups is 1. The Bertz CT molecular complexity index is 78.8. The molecular formula is C5H9FOS. The van der Waals surface area contributed by atoms with E-state index in [2.05, 4.69) is 0 Å². The first-order chi connectivity index (χ1) is 3.84. The molecule has 0 aromatic heterocycles. The fourth-order valence-electron chi connectivity index (χ4n) is 0.740. The van der Waals surface area contributed by atoms with Crippen LogP contribution in [0.3, 0.4) is 0 Å². The summed E-state index contributed by atoms with van der Waals surface area (Å²) in [6.07, 6.45) is -0.759. The van der Waals surface area contributed by atoms with E-state index in [1.54, 1.807) is 11.8 Å². The van der Waals surface area contributed by atoms with Crippen LogP contribution in [0.25, 0.3) is 0 Å². The van der Waals surface area contributed by atoms with Crippen LogP contribution in [0.15, 0.2) is 0 Å². The van der Waals surface area contributed by atoms with Crippen molar-refractivity contribution in [3.63, 3.8) is 0 Å². The zero-order chi connectivity index (χ0) is 5.98. The van der Waals surface area contributed by atoms with Crippen LogP contribution >= 0.6 is 11.8 Å². The molecule has 1 aliphatic heterocycles. The minimum Gasteiger partial charge on any atom is -0.396 e. The predicted molar refractivity (Wildman–Crippen MR) is 32.8 cm³/mol. The molecule has 1 N–H and O–H groups in total. The third kappa shape index (κ3) is 1.14. The first-order valence-corrected chi connectivity index (χ1v) is 3.82. The van der Waals surface area contributed by atoms with Crippen LogP contribution < -0.4 is 0 Å². The molecule has 1 saturated heterocycles. The summed E-state index contributed by atoms with van der Waals surface area (Å²) >= 11 is 1.58. The molecule has 0 radical (unpaired) electrons. The van der Waals surface area contributed by atoms with Crippen molar-refractivity contribution < 1.29 is 9.50 Å². The molecule has 0 spiro atoms. The Morgan fingerprint density at radius 2 is 2.38 bits per heavy atom. The number of alkyl halides is 1. The lowest BCUT2D eigenvalue weighted by molar-refractivity contribution is 0.175. The Morgan fingerprint density at radius 1 is 1.62 bits per heavy atom. The van der Waals surface area contributed by atoms with E-state index in [1.807, 2.05) is 0 Å². The average molecular weight is 136 g/mol. The smallest absolute Gasteiger partial charge is 0.115 e. The van der Waals surface area contributed by atoms with Crippen LogP contribution in [0.4, 0.5) is 4.39 Å². The van der Waals surface area contributed by atoms with Crippen molar-refractivity contribution in [1.29, 1.82) is 0 Å². The molecule has 1 heterocycles. The molecule has 2 unspecified atom stereocenters. The Morgan fingerprint density at radius 3 is 2.62 bits per heavy atom. The number of thioether (sulfide) groups is 1. The summed E-state index contributed by atoms with van der Waals surface area (Å²) in [5.74, 6) is 1.28. The van der Waals surface area contributed by atoms with E-state index in [0.29, 0.717) is 5.75 Å².